The Morgan fingerprint density at radius 3 is 2.66 bits per heavy atom. The lowest BCUT2D eigenvalue weighted by Crippen LogP contribution is -2.47. The van der Waals surface area contributed by atoms with E-state index in [1.807, 2.05) is 30.3 Å². The van der Waals surface area contributed by atoms with Crippen LogP contribution in [-0.2, 0) is 16.0 Å². The zero-order valence-corrected chi connectivity index (χ0v) is 16.7. The minimum Gasteiger partial charge on any atom is -0.465 e. The van der Waals surface area contributed by atoms with Gasteiger partial charge in [0.15, 0.2) is 11.2 Å². The Hall–Kier alpha value is -2.89. The Labute approximate surface area is 169 Å². The van der Waals surface area contributed by atoms with E-state index in [0.717, 1.165) is 18.4 Å². The monoisotopic (exact) mass is 395 g/mol. The summed E-state index contributed by atoms with van der Waals surface area (Å²) in [6.07, 6.45) is 2.66. The summed E-state index contributed by atoms with van der Waals surface area (Å²) < 4.78 is 11.0. The molecule has 1 amide bonds. The van der Waals surface area contributed by atoms with E-state index < -0.39 is 5.41 Å². The van der Waals surface area contributed by atoms with Gasteiger partial charge in [-0.1, -0.05) is 30.3 Å². The SMILES string of the molecule is CCOC(=O)[C@@]1(Cc2ccccc2)C[C@H]2CC[C@@H]1N2C(=O)c1cc(=O)cc(C)o1. The van der Waals surface area contributed by atoms with Crippen LogP contribution in [0.25, 0.3) is 0 Å². The van der Waals surface area contributed by atoms with Crippen LogP contribution in [0.4, 0.5) is 0 Å². The van der Waals surface area contributed by atoms with E-state index in [2.05, 4.69) is 0 Å². The summed E-state index contributed by atoms with van der Waals surface area (Å²) in [5, 5.41) is 0. The molecule has 4 rings (SSSR count). The highest BCUT2D eigenvalue weighted by molar-refractivity contribution is 5.93. The lowest BCUT2D eigenvalue weighted by molar-refractivity contribution is -0.157. The number of benzene rings is 1. The molecule has 2 saturated heterocycles. The van der Waals surface area contributed by atoms with E-state index in [9.17, 15) is 14.4 Å². The fourth-order valence-electron chi connectivity index (χ4n) is 5.04. The largest absolute Gasteiger partial charge is 0.465 e. The minimum atomic E-state index is -0.778. The normalized spacial score (nSPS) is 25.2. The number of rotatable bonds is 5. The smallest absolute Gasteiger partial charge is 0.314 e. The van der Waals surface area contributed by atoms with Gasteiger partial charge in [-0.3, -0.25) is 14.4 Å². The molecule has 1 aromatic heterocycles. The number of hydrogen-bond acceptors (Lipinski definition) is 5. The molecule has 3 atom stereocenters. The predicted octanol–water partition coefficient (Wildman–Crippen LogP) is 3.12. The summed E-state index contributed by atoms with van der Waals surface area (Å²) in [5.41, 5.74) is 0.00670. The molecule has 2 bridgehead atoms. The average Bonchev–Trinajstić information content (AvgIpc) is 3.24. The van der Waals surface area contributed by atoms with Crippen LogP contribution in [0.1, 0.15) is 48.1 Å². The summed E-state index contributed by atoms with van der Waals surface area (Å²) in [6, 6.07) is 12.1. The molecule has 0 saturated carbocycles. The van der Waals surface area contributed by atoms with E-state index in [1.54, 1.807) is 18.7 Å². The molecule has 2 fully saturated rings. The van der Waals surface area contributed by atoms with Crippen molar-refractivity contribution < 1.29 is 18.7 Å². The first-order chi connectivity index (χ1) is 13.9. The van der Waals surface area contributed by atoms with Gasteiger partial charge in [-0.25, -0.2) is 0 Å². The maximum absolute atomic E-state index is 13.3. The third-order valence-electron chi connectivity index (χ3n) is 6.12. The van der Waals surface area contributed by atoms with Crippen molar-refractivity contribution in [2.75, 3.05) is 6.61 Å². The summed E-state index contributed by atoms with van der Waals surface area (Å²) >= 11 is 0. The molecule has 0 N–H and O–H groups in total. The number of aryl methyl sites for hydroxylation is 1. The summed E-state index contributed by atoms with van der Waals surface area (Å²) in [7, 11) is 0. The number of esters is 1. The Kier molecular flexibility index (Phi) is 5.03. The Balaban J connectivity index is 1.71. The summed E-state index contributed by atoms with van der Waals surface area (Å²) in [5.74, 6) is -0.142. The fourth-order valence-corrected chi connectivity index (χ4v) is 5.04. The third-order valence-corrected chi connectivity index (χ3v) is 6.12. The number of nitrogens with zero attached hydrogens (tertiary/aromatic N) is 1. The number of ether oxygens (including phenoxy) is 1. The molecule has 0 unspecified atom stereocenters. The molecule has 0 radical (unpaired) electrons. The fraction of sp³-hybridized carbons (Fsp3) is 0.435. The molecular formula is C23H25NO5. The van der Waals surface area contributed by atoms with Crippen molar-refractivity contribution in [3.8, 4) is 0 Å². The molecular weight excluding hydrogens is 370 g/mol. The molecule has 2 aliphatic heterocycles. The lowest BCUT2D eigenvalue weighted by atomic mass is 9.70. The number of carbonyl (C=O) groups excluding carboxylic acids is 2. The van der Waals surface area contributed by atoms with Crippen LogP contribution in [0.15, 0.2) is 51.7 Å². The third kappa shape index (κ3) is 3.37. The zero-order valence-electron chi connectivity index (χ0n) is 16.7. The number of fused-ring (bicyclic) bond motifs is 2. The van der Waals surface area contributed by atoms with Crippen LogP contribution in [0.3, 0.4) is 0 Å². The maximum Gasteiger partial charge on any atom is 0.314 e. The van der Waals surface area contributed by atoms with E-state index in [0.29, 0.717) is 25.2 Å². The highest BCUT2D eigenvalue weighted by atomic mass is 16.5. The number of amides is 1. The first-order valence-electron chi connectivity index (χ1n) is 10.1. The molecule has 2 aromatic rings. The molecule has 29 heavy (non-hydrogen) atoms. The number of hydrogen-bond donors (Lipinski definition) is 0. The Morgan fingerprint density at radius 1 is 1.21 bits per heavy atom. The van der Waals surface area contributed by atoms with Gasteiger partial charge in [0.1, 0.15) is 5.76 Å². The van der Waals surface area contributed by atoms with Gasteiger partial charge in [0.05, 0.1) is 12.0 Å². The first kappa shape index (κ1) is 19.4. The second-order valence-electron chi connectivity index (χ2n) is 7.97. The van der Waals surface area contributed by atoms with Crippen molar-refractivity contribution in [2.24, 2.45) is 5.41 Å². The molecule has 1 aromatic carbocycles. The minimum absolute atomic E-state index is 0.0336. The van der Waals surface area contributed by atoms with E-state index in [1.165, 1.54) is 12.1 Å². The zero-order chi connectivity index (χ0) is 20.6. The first-order valence-corrected chi connectivity index (χ1v) is 10.1. The van der Waals surface area contributed by atoms with Crippen molar-refractivity contribution in [3.05, 3.63) is 69.8 Å². The summed E-state index contributed by atoms with van der Waals surface area (Å²) in [6.45, 7) is 3.74. The van der Waals surface area contributed by atoms with E-state index in [-0.39, 0.29) is 35.1 Å². The Bertz CT molecular complexity index is 982. The van der Waals surface area contributed by atoms with Gasteiger partial charge < -0.3 is 14.1 Å². The van der Waals surface area contributed by atoms with Crippen LogP contribution < -0.4 is 5.43 Å². The predicted molar refractivity (Wildman–Crippen MR) is 107 cm³/mol. The molecule has 0 spiro atoms. The van der Waals surface area contributed by atoms with Gasteiger partial charge >= 0.3 is 5.97 Å². The molecule has 6 nitrogen and oxygen atoms in total. The Morgan fingerprint density at radius 2 is 1.97 bits per heavy atom. The van der Waals surface area contributed by atoms with E-state index >= 15 is 0 Å². The van der Waals surface area contributed by atoms with Gasteiger partial charge in [0.25, 0.3) is 5.91 Å². The highest BCUT2D eigenvalue weighted by Crippen LogP contribution is 2.52. The van der Waals surface area contributed by atoms with Crippen molar-refractivity contribution >= 4 is 11.9 Å². The van der Waals surface area contributed by atoms with Crippen LogP contribution in [0.2, 0.25) is 0 Å². The molecule has 152 valence electrons. The molecule has 0 aliphatic carbocycles. The van der Waals surface area contributed by atoms with Crippen molar-refractivity contribution in [1.29, 1.82) is 0 Å². The van der Waals surface area contributed by atoms with Gasteiger partial charge in [-0.05, 0) is 45.1 Å². The average molecular weight is 395 g/mol. The molecule has 3 heterocycles. The van der Waals surface area contributed by atoms with Crippen LogP contribution in [0, 0.1) is 12.3 Å². The van der Waals surface area contributed by atoms with E-state index in [4.69, 9.17) is 9.15 Å². The maximum atomic E-state index is 13.3. The topological polar surface area (TPSA) is 76.8 Å². The lowest BCUT2D eigenvalue weighted by Gasteiger charge is -2.35. The quantitative estimate of drug-likeness (QED) is 0.727. The number of carbonyl (C=O) groups is 2. The van der Waals surface area contributed by atoms with Gasteiger partial charge in [0, 0.05) is 24.2 Å². The second-order valence-corrected chi connectivity index (χ2v) is 7.97. The summed E-state index contributed by atoms with van der Waals surface area (Å²) in [4.78, 5) is 40.0. The van der Waals surface area contributed by atoms with Crippen molar-refractivity contribution in [3.63, 3.8) is 0 Å². The second kappa shape index (κ2) is 7.50. The standard InChI is InChI=1S/C23H25NO5/c1-3-28-22(27)23(13-16-7-5-4-6-8-16)14-17-9-10-20(23)24(17)21(26)19-12-18(25)11-15(2)29-19/h4-8,11-12,17,20H,3,9-10,13-14H2,1-2H3/t17-,20+,23+/m1/s1. The highest BCUT2D eigenvalue weighted by Gasteiger charge is 2.62. The van der Waals surface area contributed by atoms with Crippen molar-refractivity contribution in [1.82, 2.24) is 4.90 Å². The van der Waals surface area contributed by atoms with Gasteiger partial charge in [-0.15, -0.1) is 0 Å². The van der Waals surface area contributed by atoms with Crippen molar-refractivity contribution in [2.45, 2.75) is 51.6 Å². The molecule has 2 aliphatic rings. The van der Waals surface area contributed by atoms with Crippen LogP contribution in [-0.4, -0.2) is 35.5 Å². The van der Waals surface area contributed by atoms with Crippen LogP contribution in [0.5, 0.6) is 0 Å². The van der Waals surface area contributed by atoms with Gasteiger partial charge in [-0.2, -0.15) is 0 Å². The van der Waals surface area contributed by atoms with Crippen LogP contribution >= 0.6 is 0 Å². The molecule has 6 heteroatoms. The van der Waals surface area contributed by atoms with Gasteiger partial charge in [0.2, 0.25) is 0 Å².